The fraction of sp³-hybridized carbons (Fsp3) is 0.364. The van der Waals surface area contributed by atoms with Crippen molar-refractivity contribution >= 4 is 44.3 Å². The number of benzene rings is 1. The summed E-state index contributed by atoms with van der Waals surface area (Å²) in [4.78, 5) is 11.8. The number of carbonyl (C=O) groups is 1. The Kier molecular flexibility index (Phi) is 5.60. The number of hydrogen-bond acceptors (Lipinski definition) is 2. The molecule has 1 aromatic rings. The van der Waals surface area contributed by atoms with Crippen LogP contribution in [0.2, 0.25) is 0 Å². The highest BCUT2D eigenvalue weighted by Gasteiger charge is 2.15. The van der Waals surface area contributed by atoms with Crippen molar-refractivity contribution in [3.05, 3.63) is 27.3 Å². The van der Waals surface area contributed by atoms with Gasteiger partial charge in [0.25, 0.3) is 0 Å². The SMILES string of the molecule is CCOc1cccc(I)c1C(=O)CCBr. The van der Waals surface area contributed by atoms with Gasteiger partial charge in [-0.25, -0.2) is 0 Å². The van der Waals surface area contributed by atoms with Crippen molar-refractivity contribution < 1.29 is 9.53 Å². The Hall–Kier alpha value is -0.100. The quantitative estimate of drug-likeness (QED) is 0.441. The molecule has 0 radical (unpaired) electrons. The van der Waals surface area contributed by atoms with E-state index < -0.39 is 0 Å². The third-order valence-corrected chi connectivity index (χ3v) is 3.17. The van der Waals surface area contributed by atoms with E-state index in [9.17, 15) is 4.79 Å². The molecule has 0 unspecified atom stereocenters. The minimum Gasteiger partial charge on any atom is -0.493 e. The molecule has 1 rings (SSSR count). The van der Waals surface area contributed by atoms with E-state index in [2.05, 4.69) is 38.5 Å². The maximum Gasteiger partial charge on any atom is 0.168 e. The lowest BCUT2D eigenvalue weighted by atomic mass is 10.1. The van der Waals surface area contributed by atoms with Crippen LogP contribution in [0.15, 0.2) is 18.2 Å². The van der Waals surface area contributed by atoms with E-state index in [1.807, 2.05) is 25.1 Å². The molecule has 82 valence electrons. The summed E-state index contributed by atoms with van der Waals surface area (Å²) in [5.41, 5.74) is 0.708. The Balaban J connectivity index is 3.06. The second-order valence-corrected chi connectivity index (χ2v) is 4.86. The maximum atomic E-state index is 11.8. The van der Waals surface area contributed by atoms with E-state index in [-0.39, 0.29) is 5.78 Å². The van der Waals surface area contributed by atoms with Crippen LogP contribution >= 0.6 is 38.5 Å². The molecule has 0 aromatic heterocycles. The van der Waals surface area contributed by atoms with Crippen molar-refractivity contribution in [2.24, 2.45) is 0 Å². The highest BCUT2D eigenvalue weighted by atomic mass is 127. The molecule has 0 aliphatic heterocycles. The monoisotopic (exact) mass is 382 g/mol. The van der Waals surface area contributed by atoms with Gasteiger partial charge in [-0.15, -0.1) is 0 Å². The van der Waals surface area contributed by atoms with Crippen LogP contribution in [-0.4, -0.2) is 17.7 Å². The van der Waals surface area contributed by atoms with Crippen LogP contribution in [0.4, 0.5) is 0 Å². The molecule has 0 fully saturated rings. The fourth-order valence-electron chi connectivity index (χ4n) is 1.26. The third-order valence-electron chi connectivity index (χ3n) is 1.88. The van der Waals surface area contributed by atoms with Gasteiger partial charge in [0, 0.05) is 15.3 Å². The molecule has 0 heterocycles. The van der Waals surface area contributed by atoms with Gasteiger partial charge in [0.2, 0.25) is 0 Å². The van der Waals surface area contributed by atoms with Gasteiger partial charge in [0.05, 0.1) is 12.2 Å². The molecule has 0 bridgehead atoms. The molecule has 0 aliphatic carbocycles. The normalized spacial score (nSPS) is 10.1. The first-order chi connectivity index (χ1) is 7.20. The zero-order chi connectivity index (χ0) is 11.3. The van der Waals surface area contributed by atoms with Gasteiger partial charge < -0.3 is 4.74 Å². The van der Waals surface area contributed by atoms with Crippen LogP contribution in [0.3, 0.4) is 0 Å². The summed E-state index contributed by atoms with van der Waals surface area (Å²) in [5, 5.41) is 0.683. The predicted molar refractivity (Wildman–Crippen MR) is 73.1 cm³/mol. The summed E-state index contributed by atoms with van der Waals surface area (Å²) in [7, 11) is 0. The van der Waals surface area contributed by atoms with Crippen molar-refractivity contribution in [2.45, 2.75) is 13.3 Å². The minimum atomic E-state index is 0.125. The Morgan fingerprint density at radius 1 is 1.53 bits per heavy atom. The van der Waals surface area contributed by atoms with Gasteiger partial charge in [-0.3, -0.25) is 4.79 Å². The standard InChI is InChI=1S/C11H12BrIO2/c1-2-15-10-5-3-4-8(13)11(10)9(14)6-7-12/h3-5H,2,6-7H2,1H3. The molecule has 1 aromatic carbocycles. The van der Waals surface area contributed by atoms with Crippen molar-refractivity contribution in [2.75, 3.05) is 11.9 Å². The summed E-state index contributed by atoms with van der Waals surface area (Å²) >= 11 is 5.44. The molecule has 0 aliphatic rings. The lowest BCUT2D eigenvalue weighted by molar-refractivity contribution is 0.0985. The molecule has 15 heavy (non-hydrogen) atoms. The lowest BCUT2D eigenvalue weighted by Gasteiger charge is -2.10. The van der Waals surface area contributed by atoms with Crippen LogP contribution in [0, 0.1) is 3.57 Å². The Morgan fingerprint density at radius 3 is 2.87 bits per heavy atom. The molecule has 4 heteroatoms. The van der Waals surface area contributed by atoms with Crippen LogP contribution in [0.5, 0.6) is 5.75 Å². The number of carbonyl (C=O) groups excluding carboxylic acids is 1. The molecule has 0 saturated heterocycles. The number of halogens is 2. The van der Waals surface area contributed by atoms with Gasteiger partial charge in [0.15, 0.2) is 5.78 Å². The smallest absolute Gasteiger partial charge is 0.168 e. The largest absolute Gasteiger partial charge is 0.493 e. The van der Waals surface area contributed by atoms with Crippen molar-refractivity contribution in [1.82, 2.24) is 0 Å². The lowest BCUT2D eigenvalue weighted by Crippen LogP contribution is -2.06. The first-order valence-electron chi connectivity index (χ1n) is 4.71. The van der Waals surface area contributed by atoms with Gasteiger partial charge in [-0.05, 0) is 41.6 Å². The van der Waals surface area contributed by atoms with E-state index in [1.54, 1.807) is 0 Å². The third kappa shape index (κ3) is 3.45. The van der Waals surface area contributed by atoms with Gasteiger partial charge >= 0.3 is 0 Å². The molecule has 0 spiro atoms. The minimum absolute atomic E-state index is 0.125. The fourth-order valence-corrected chi connectivity index (χ4v) is 2.40. The second-order valence-electron chi connectivity index (χ2n) is 2.91. The topological polar surface area (TPSA) is 26.3 Å². The van der Waals surface area contributed by atoms with Crippen LogP contribution in [0.25, 0.3) is 0 Å². The summed E-state index contributed by atoms with van der Waals surface area (Å²) in [6.07, 6.45) is 0.500. The molecule has 0 saturated carbocycles. The van der Waals surface area contributed by atoms with Gasteiger partial charge in [-0.2, -0.15) is 0 Å². The first-order valence-corrected chi connectivity index (χ1v) is 6.91. The number of alkyl halides is 1. The van der Waals surface area contributed by atoms with Crippen LogP contribution < -0.4 is 4.74 Å². The predicted octanol–water partition coefficient (Wildman–Crippen LogP) is 3.66. The van der Waals surface area contributed by atoms with Crippen molar-refractivity contribution in [3.8, 4) is 5.75 Å². The molecule has 0 amide bonds. The highest BCUT2D eigenvalue weighted by molar-refractivity contribution is 14.1. The molecule has 0 atom stereocenters. The van der Waals surface area contributed by atoms with Crippen LogP contribution in [0.1, 0.15) is 23.7 Å². The average Bonchev–Trinajstić information content (AvgIpc) is 2.18. The number of ketones is 1. The van der Waals surface area contributed by atoms with E-state index in [1.165, 1.54) is 0 Å². The van der Waals surface area contributed by atoms with E-state index in [0.29, 0.717) is 29.7 Å². The molecule has 0 N–H and O–H groups in total. The van der Waals surface area contributed by atoms with Crippen molar-refractivity contribution in [1.29, 1.82) is 0 Å². The zero-order valence-corrected chi connectivity index (χ0v) is 12.2. The van der Waals surface area contributed by atoms with E-state index in [4.69, 9.17) is 4.74 Å². The highest BCUT2D eigenvalue weighted by Crippen LogP contribution is 2.25. The zero-order valence-electron chi connectivity index (χ0n) is 8.43. The number of ether oxygens (including phenoxy) is 1. The average molecular weight is 383 g/mol. The molecular weight excluding hydrogens is 371 g/mol. The summed E-state index contributed by atoms with van der Waals surface area (Å²) in [5.74, 6) is 0.815. The summed E-state index contributed by atoms with van der Waals surface area (Å²) in [6, 6.07) is 5.66. The molecular formula is C11H12BrIO2. The number of hydrogen-bond donors (Lipinski definition) is 0. The van der Waals surface area contributed by atoms with Gasteiger partial charge in [-0.1, -0.05) is 22.0 Å². The maximum absolute atomic E-state index is 11.8. The van der Waals surface area contributed by atoms with Crippen LogP contribution in [-0.2, 0) is 0 Å². The van der Waals surface area contributed by atoms with Gasteiger partial charge in [0.1, 0.15) is 5.75 Å². The number of rotatable bonds is 5. The summed E-state index contributed by atoms with van der Waals surface area (Å²) in [6.45, 7) is 2.49. The Morgan fingerprint density at radius 2 is 2.27 bits per heavy atom. The summed E-state index contributed by atoms with van der Waals surface area (Å²) < 4.78 is 6.39. The number of Topliss-reactive ketones (excluding diaryl/α,β-unsaturated/α-hetero) is 1. The molecule has 2 nitrogen and oxygen atoms in total. The Labute approximate surface area is 112 Å². The Bertz CT molecular complexity index is 352. The first kappa shape index (κ1) is 13.0. The van der Waals surface area contributed by atoms with E-state index in [0.717, 1.165) is 3.57 Å². The second kappa shape index (κ2) is 6.48. The van der Waals surface area contributed by atoms with E-state index >= 15 is 0 Å². The van der Waals surface area contributed by atoms with Crippen molar-refractivity contribution in [3.63, 3.8) is 0 Å².